The number of anilines is 1. The van der Waals surface area contributed by atoms with Gasteiger partial charge in [-0.05, 0) is 62.8 Å². The van der Waals surface area contributed by atoms with Crippen LogP contribution in [0.1, 0.15) is 53.8 Å². The van der Waals surface area contributed by atoms with Gasteiger partial charge in [0.15, 0.2) is 0 Å². The number of hydrogen-bond donors (Lipinski definition) is 2. The molecule has 0 saturated heterocycles. The summed E-state index contributed by atoms with van der Waals surface area (Å²) >= 11 is 5.90. The summed E-state index contributed by atoms with van der Waals surface area (Å²) in [5.41, 5.74) is 3.66. The van der Waals surface area contributed by atoms with Gasteiger partial charge >= 0.3 is 0 Å². The average molecular weight is 385 g/mol. The summed E-state index contributed by atoms with van der Waals surface area (Å²) in [6.07, 6.45) is 8.08. The molecule has 1 aliphatic carbocycles. The molecule has 2 N–H and O–H groups in total. The maximum atomic E-state index is 12.4. The number of nitrogens with one attached hydrogen (secondary N) is 2. The van der Waals surface area contributed by atoms with Crippen LogP contribution in [0.15, 0.2) is 42.0 Å². The van der Waals surface area contributed by atoms with Gasteiger partial charge in [-0.1, -0.05) is 35.4 Å². The first-order chi connectivity index (χ1) is 13.1. The number of carbonyl (C=O) groups is 1. The van der Waals surface area contributed by atoms with Crippen molar-refractivity contribution in [2.75, 3.05) is 11.9 Å². The van der Waals surface area contributed by atoms with Crippen molar-refractivity contribution >= 4 is 23.5 Å². The van der Waals surface area contributed by atoms with Crippen LogP contribution in [-0.4, -0.2) is 22.4 Å². The molecule has 0 spiro atoms. The van der Waals surface area contributed by atoms with Gasteiger partial charge in [0.05, 0.1) is 0 Å². The number of halogens is 1. The Kier molecular flexibility index (Phi) is 6.82. The summed E-state index contributed by atoms with van der Waals surface area (Å²) in [4.78, 5) is 21.2. The van der Waals surface area contributed by atoms with E-state index in [2.05, 4.69) is 26.7 Å². The molecule has 0 saturated carbocycles. The van der Waals surface area contributed by atoms with Crippen LogP contribution >= 0.6 is 11.6 Å². The molecule has 1 amide bonds. The molecular formula is C21H25ClN4O. The second-order valence-electron chi connectivity index (χ2n) is 6.81. The van der Waals surface area contributed by atoms with E-state index in [9.17, 15) is 4.79 Å². The minimum absolute atomic E-state index is 0.161. The third-order valence-electron chi connectivity index (χ3n) is 4.57. The highest BCUT2D eigenvalue weighted by Gasteiger charge is 2.11. The first-order valence-corrected chi connectivity index (χ1v) is 9.78. The normalized spacial score (nSPS) is 13.8. The Bertz CT molecular complexity index is 817. The van der Waals surface area contributed by atoms with Gasteiger partial charge in [-0.3, -0.25) is 4.79 Å². The highest BCUT2D eigenvalue weighted by Crippen LogP contribution is 2.19. The van der Waals surface area contributed by atoms with E-state index in [-0.39, 0.29) is 5.91 Å². The van der Waals surface area contributed by atoms with Crippen molar-refractivity contribution in [2.45, 2.75) is 45.6 Å². The minimum Gasteiger partial charge on any atom is -0.350 e. The minimum atomic E-state index is -0.161. The molecule has 1 aromatic carbocycles. The molecule has 5 nitrogen and oxygen atoms in total. The van der Waals surface area contributed by atoms with E-state index in [4.69, 9.17) is 11.6 Å². The molecule has 0 aliphatic heterocycles. The van der Waals surface area contributed by atoms with Gasteiger partial charge in [0, 0.05) is 23.8 Å². The van der Waals surface area contributed by atoms with E-state index >= 15 is 0 Å². The Balaban J connectivity index is 1.55. The van der Waals surface area contributed by atoms with E-state index in [1.165, 1.54) is 18.4 Å². The Morgan fingerprint density at radius 3 is 2.74 bits per heavy atom. The number of amides is 1. The highest BCUT2D eigenvalue weighted by atomic mass is 35.5. The summed E-state index contributed by atoms with van der Waals surface area (Å²) in [6, 6.07) is 9.28. The summed E-state index contributed by atoms with van der Waals surface area (Å²) in [5.74, 6) is 0.288. The van der Waals surface area contributed by atoms with Crippen molar-refractivity contribution < 1.29 is 4.79 Å². The van der Waals surface area contributed by atoms with E-state index < -0.39 is 0 Å². The van der Waals surface area contributed by atoms with Crippen molar-refractivity contribution in [1.82, 2.24) is 15.3 Å². The van der Waals surface area contributed by atoms with Crippen LogP contribution in [0.2, 0.25) is 5.02 Å². The topological polar surface area (TPSA) is 66.9 Å². The molecule has 0 atom stereocenters. The number of rotatable bonds is 7. The monoisotopic (exact) mass is 384 g/mol. The Labute approximate surface area is 165 Å². The fraction of sp³-hybridized carbons (Fsp3) is 0.381. The van der Waals surface area contributed by atoms with Gasteiger partial charge in [-0.25, -0.2) is 9.97 Å². The zero-order valence-corrected chi connectivity index (χ0v) is 16.4. The summed E-state index contributed by atoms with van der Waals surface area (Å²) in [5, 5.41) is 6.84. The van der Waals surface area contributed by atoms with Crippen LogP contribution in [0.3, 0.4) is 0 Å². The van der Waals surface area contributed by atoms with Crippen LogP contribution < -0.4 is 10.6 Å². The van der Waals surface area contributed by atoms with Crippen LogP contribution in [0.4, 0.5) is 5.95 Å². The Morgan fingerprint density at radius 2 is 2.00 bits per heavy atom. The number of allylic oxidation sites excluding steroid dienone is 1. The molecule has 27 heavy (non-hydrogen) atoms. The number of aromatic nitrogens is 2. The van der Waals surface area contributed by atoms with E-state index in [0.717, 1.165) is 30.5 Å². The lowest BCUT2D eigenvalue weighted by Gasteiger charge is -2.13. The average Bonchev–Trinajstić information content (AvgIpc) is 2.68. The molecule has 1 heterocycles. The Hall–Kier alpha value is -2.40. The smallest absolute Gasteiger partial charge is 0.270 e. The standard InChI is InChI=1S/C21H25ClN4O/c1-15-13-19(20(27)23-12-11-16-5-3-2-4-6-16)26-21(25-15)24-14-17-7-9-18(22)10-8-17/h5,7-10,13H,2-4,6,11-12,14H2,1H3,(H,23,27)(H,24,25,26). The van der Waals surface area contributed by atoms with E-state index in [1.54, 1.807) is 6.07 Å². The second-order valence-corrected chi connectivity index (χ2v) is 7.25. The van der Waals surface area contributed by atoms with Crippen molar-refractivity contribution in [3.8, 4) is 0 Å². The maximum Gasteiger partial charge on any atom is 0.270 e. The zero-order valence-electron chi connectivity index (χ0n) is 15.6. The summed E-state index contributed by atoms with van der Waals surface area (Å²) in [6.45, 7) is 3.07. The number of nitrogens with zero attached hydrogens (tertiary/aromatic N) is 2. The van der Waals surface area contributed by atoms with Gasteiger partial charge in [0.1, 0.15) is 5.69 Å². The molecule has 0 fully saturated rings. The number of benzene rings is 1. The molecule has 0 unspecified atom stereocenters. The van der Waals surface area contributed by atoms with Crippen molar-refractivity contribution in [3.63, 3.8) is 0 Å². The van der Waals surface area contributed by atoms with Gasteiger partial charge in [-0.15, -0.1) is 0 Å². The van der Waals surface area contributed by atoms with Crippen LogP contribution in [-0.2, 0) is 6.54 Å². The lowest BCUT2D eigenvalue weighted by atomic mass is 9.97. The van der Waals surface area contributed by atoms with Crippen LogP contribution in [0, 0.1) is 6.92 Å². The van der Waals surface area contributed by atoms with Crippen molar-refractivity contribution in [2.24, 2.45) is 0 Å². The predicted molar refractivity (Wildman–Crippen MR) is 109 cm³/mol. The zero-order chi connectivity index (χ0) is 19.1. The van der Waals surface area contributed by atoms with E-state index in [0.29, 0.717) is 29.8 Å². The number of hydrogen-bond acceptors (Lipinski definition) is 4. The lowest BCUT2D eigenvalue weighted by Crippen LogP contribution is -2.26. The van der Waals surface area contributed by atoms with Gasteiger partial charge in [0.2, 0.25) is 5.95 Å². The molecule has 0 radical (unpaired) electrons. The molecule has 1 aliphatic rings. The third kappa shape index (κ3) is 6.07. The number of aryl methyl sites for hydroxylation is 1. The Morgan fingerprint density at radius 1 is 1.19 bits per heavy atom. The predicted octanol–water partition coefficient (Wildman–Crippen LogP) is 4.67. The van der Waals surface area contributed by atoms with Gasteiger partial charge < -0.3 is 10.6 Å². The molecule has 142 valence electrons. The summed E-state index contributed by atoms with van der Waals surface area (Å²) < 4.78 is 0. The first-order valence-electron chi connectivity index (χ1n) is 9.40. The molecule has 1 aromatic heterocycles. The maximum absolute atomic E-state index is 12.4. The molecule has 0 bridgehead atoms. The van der Waals surface area contributed by atoms with E-state index in [1.807, 2.05) is 31.2 Å². The fourth-order valence-electron chi connectivity index (χ4n) is 3.11. The largest absolute Gasteiger partial charge is 0.350 e. The molecule has 6 heteroatoms. The van der Waals surface area contributed by atoms with Crippen LogP contribution in [0.5, 0.6) is 0 Å². The number of carbonyl (C=O) groups excluding carboxylic acids is 1. The molecule has 2 aromatic rings. The SMILES string of the molecule is Cc1cc(C(=O)NCCC2=CCCCC2)nc(NCc2ccc(Cl)cc2)n1. The van der Waals surface area contributed by atoms with Gasteiger partial charge in [0.25, 0.3) is 5.91 Å². The van der Waals surface area contributed by atoms with Crippen LogP contribution in [0.25, 0.3) is 0 Å². The van der Waals surface area contributed by atoms with Crippen molar-refractivity contribution in [3.05, 3.63) is 64.0 Å². The fourth-order valence-corrected chi connectivity index (χ4v) is 3.23. The third-order valence-corrected chi connectivity index (χ3v) is 4.82. The highest BCUT2D eigenvalue weighted by molar-refractivity contribution is 6.30. The van der Waals surface area contributed by atoms with Gasteiger partial charge in [-0.2, -0.15) is 0 Å². The lowest BCUT2D eigenvalue weighted by molar-refractivity contribution is 0.0949. The second kappa shape index (κ2) is 9.51. The quantitative estimate of drug-likeness (QED) is 0.680. The summed E-state index contributed by atoms with van der Waals surface area (Å²) in [7, 11) is 0. The first kappa shape index (κ1) is 19.4. The van der Waals surface area contributed by atoms with Crippen molar-refractivity contribution in [1.29, 1.82) is 0 Å². The molecule has 3 rings (SSSR count). The molecular weight excluding hydrogens is 360 g/mol.